The standard InChI is InChI=1S/C27H43O/c1-21(2)11-7-12-22(3)13-8-14-23(4)15-10-19-27(6)20-18-25-17-9-16-24(5)26(25)28-27/h16-18,20-23H,7-8,10-15,19H2,1-6H3/t22-,23+,27?/m1/s1. The van der Waals surface area contributed by atoms with E-state index in [9.17, 15) is 0 Å². The first kappa shape index (κ1) is 23.0. The lowest BCUT2D eigenvalue weighted by atomic mass is 9.89. The highest BCUT2D eigenvalue weighted by atomic mass is 16.5. The Hall–Kier alpha value is -1.24. The molecule has 1 aromatic rings. The van der Waals surface area contributed by atoms with E-state index >= 15 is 0 Å². The third-order valence-electron chi connectivity index (χ3n) is 6.35. The van der Waals surface area contributed by atoms with Gasteiger partial charge in [0.1, 0.15) is 11.4 Å². The highest BCUT2D eigenvalue weighted by Gasteiger charge is 2.27. The highest BCUT2D eigenvalue weighted by Crippen LogP contribution is 2.36. The summed E-state index contributed by atoms with van der Waals surface area (Å²) in [5.74, 6) is 3.62. The molecule has 1 heteroatoms. The first-order valence-electron chi connectivity index (χ1n) is 11.7. The maximum atomic E-state index is 6.39. The fourth-order valence-electron chi connectivity index (χ4n) is 4.33. The summed E-state index contributed by atoms with van der Waals surface area (Å²) in [7, 11) is 0. The number of fused-ring (bicyclic) bond motifs is 1. The fourth-order valence-corrected chi connectivity index (χ4v) is 4.33. The van der Waals surface area contributed by atoms with Gasteiger partial charge >= 0.3 is 0 Å². The van der Waals surface area contributed by atoms with Gasteiger partial charge in [-0.2, -0.15) is 0 Å². The minimum absolute atomic E-state index is 0.163. The summed E-state index contributed by atoms with van der Waals surface area (Å²) < 4.78 is 6.39. The van der Waals surface area contributed by atoms with Crippen molar-refractivity contribution in [2.24, 2.45) is 17.8 Å². The van der Waals surface area contributed by atoms with Crippen LogP contribution in [0.3, 0.4) is 0 Å². The van der Waals surface area contributed by atoms with Gasteiger partial charge in [0.05, 0.1) is 0 Å². The van der Waals surface area contributed by atoms with Crippen molar-refractivity contribution in [3.63, 3.8) is 0 Å². The Labute approximate surface area is 175 Å². The third-order valence-corrected chi connectivity index (χ3v) is 6.35. The molecule has 3 atom stereocenters. The van der Waals surface area contributed by atoms with E-state index in [0.29, 0.717) is 0 Å². The minimum Gasteiger partial charge on any atom is -0.483 e. The van der Waals surface area contributed by atoms with Gasteiger partial charge in [-0.05, 0) is 74.3 Å². The van der Waals surface area contributed by atoms with Crippen LogP contribution in [0, 0.1) is 30.7 Å². The van der Waals surface area contributed by atoms with Gasteiger partial charge in [-0.1, -0.05) is 78.7 Å². The summed E-state index contributed by atoms with van der Waals surface area (Å²) in [6.07, 6.45) is 16.5. The largest absolute Gasteiger partial charge is 0.483 e. The van der Waals surface area contributed by atoms with Gasteiger partial charge in [0.15, 0.2) is 0 Å². The molecule has 0 amide bonds. The van der Waals surface area contributed by atoms with Crippen LogP contribution in [-0.4, -0.2) is 5.60 Å². The lowest BCUT2D eigenvalue weighted by Gasteiger charge is -2.33. The van der Waals surface area contributed by atoms with Gasteiger partial charge in [0.25, 0.3) is 0 Å². The van der Waals surface area contributed by atoms with Crippen molar-refractivity contribution in [3.8, 4) is 5.75 Å². The zero-order chi connectivity index (χ0) is 20.6. The zero-order valence-corrected chi connectivity index (χ0v) is 19.3. The van der Waals surface area contributed by atoms with Crippen LogP contribution in [0.15, 0.2) is 18.2 Å². The Morgan fingerprint density at radius 3 is 2.14 bits per heavy atom. The number of ether oxygens (including phenoxy) is 1. The van der Waals surface area contributed by atoms with Crippen LogP contribution in [0.2, 0.25) is 0 Å². The lowest BCUT2D eigenvalue weighted by Crippen LogP contribution is -2.32. The number of benzene rings is 1. The number of rotatable bonds is 12. The van der Waals surface area contributed by atoms with Crippen LogP contribution in [0.1, 0.15) is 104 Å². The second-order valence-corrected chi connectivity index (χ2v) is 10.0. The number of hydrogen-bond donors (Lipinski definition) is 0. The average Bonchev–Trinajstić information content (AvgIpc) is 2.62. The van der Waals surface area contributed by atoms with Crippen LogP contribution in [0.4, 0.5) is 0 Å². The molecular weight excluding hydrogens is 340 g/mol. The molecule has 0 aliphatic carbocycles. The molecule has 0 N–H and O–H groups in total. The molecule has 2 rings (SSSR count). The Bertz CT molecular complexity index is 615. The Morgan fingerprint density at radius 1 is 0.893 bits per heavy atom. The predicted molar refractivity (Wildman–Crippen MR) is 123 cm³/mol. The molecule has 1 aliphatic rings. The van der Waals surface area contributed by atoms with Crippen LogP contribution in [0.25, 0.3) is 6.08 Å². The van der Waals surface area contributed by atoms with Crippen molar-refractivity contribution in [2.75, 3.05) is 0 Å². The molecule has 1 heterocycles. The van der Waals surface area contributed by atoms with Crippen LogP contribution in [-0.2, 0) is 0 Å². The van der Waals surface area contributed by atoms with E-state index in [2.05, 4.69) is 59.8 Å². The van der Waals surface area contributed by atoms with E-state index in [-0.39, 0.29) is 5.60 Å². The van der Waals surface area contributed by atoms with Crippen molar-refractivity contribution in [1.29, 1.82) is 0 Å². The van der Waals surface area contributed by atoms with E-state index in [4.69, 9.17) is 4.74 Å². The van der Waals surface area contributed by atoms with Crippen LogP contribution < -0.4 is 4.74 Å². The van der Waals surface area contributed by atoms with Crippen molar-refractivity contribution < 1.29 is 4.74 Å². The van der Waals surface area contributed by atoms with Gasteiger partial charge in [-0.15, -0.1) is 0 Å². The molecule has 1 unspecified atom stereocenters. The van der Waals surface area contributed by atoms with Crippen molar-refractivity contribution in [2.45, 2.75) is 105 Å². The summed E-state index contributed by atoms with van der Waals surface area (Å²) in [5.41, 5.74) is 2.18. The van der Waals surface area contributed by atoms with Gasteiger partial charge in [0, 0.05) is 5.56 Å². The molecule has 1 aliphatic heterocycles. The highest BCUT2D eigenvalue weighted by molar-refractivity contribution is 5.62. The summed E-state index contributed by atoms with van der Waals surface area (Å²) in [6.45, 7) is 13.9. The molecular formula is C27H43O. The Kier molecular flexibility index (Phi) is 9.12. The van der Waals surface area contributed by atoms with E-state index in [1.807, 2.05) is 12.1 Å². The second kappa shape index (κ2) is 11.1. The fraction of sp³-hybridized carbons (Fsp3) is 0.704. The van der Waals surface area contributed by atoms with Gasteiger partial charge in [0.2, 0.25) is 0 Å². The molecule has 0 saturated heterocycles. The molecule has 1 aromatic carbocycles. The maximum absolute atomic E-state index is 6.39. The molecule has 0 saturated carbocycles. The molecule has 0 fully saturated rings. The topological polar surface area (TPSA) is 9.23 Å². The monoisotopic (exact) mass is 383 g/mol. The minimum atomic E-state index is -0.163. The van der Waals surface area contributed by atoms with Gasteiger partial charge < -0.3 is 4.74 Å². The van der Waals surface area contributed by atoms with Crippen molar-refractivity contribution in [3.05, 3.63) is 35.4 Å². The summed E-state index contributed by atoms with van der Waals surface area (Å²) in [5, 5.41) is 0. The van der Waals surface area contributed by atoms with E-state index < -0.39 is 0 Å². The first-order valence-corrected chi connectivity index (χ1v) is 11.7. The van der Waals surface area contributed by atoms with Crippen molar-refractivity contribution in [1.82, 2.24) is 0 Å². The molecule has 0 spiro atoms. The zero-order valence-electron chi connectivity index (χ0n) is 19.3. The summed E-state index contributed by atoms with van der Waals surface area (Å²) >= 11 is 0. The first-order chi connectivity index (χ1) is 13.3. The van der Waals surface area contributed by atoms with Gasteiger partial charge in [-0.25, -0.2) is 0 Å². The predicted octanol–water partition coefficient (Wildman–Crippen LogP) is 8.40. The van der Waals surface area contributed by atoms with Gasteiger partial charge in [-0.3, -0.25) is 0 Å². The van der Waals surface area contributed by atoms with Crippen LogP contribution >= 0.6 is 0 Å². The number of hydrogen-bond acceptors (Lipinski definition) is 1. The Balaban J connectivity index is 1.63. The molecule has 0 aromatic heterocycles. The molecule has 0 bridgehead atoms. The number of aryl methyl sites for hydroxylation is 1. The average molecular weight is 384 g/mol. The quantitative estimate of drug-likeness (QED) is 0.352. The SMILES string of the molecule is Cc1c[c]cc2c1OC(C)(CCC[C@@H](C)CCC[C@H](C)CCCC(C)C)C=C2. The summed E-state index contributed by atoms with van der Waals surface area (Å²) in [6, 6.07) is 7.22. The third kappa shape index (κ3) is 7.64. The molecule has 1 radical (unpaired) electrons. The smallest absolute Gasteiger partial charge is 0.130 e. The molecule has 1 nitrogen and oxygen atoms in total. The van der Waals surface area contributed by atoms with E-state index in [0.717, 1.165) is 35.5 Å². The lowest BCUT2D eigenvalue weighted by molar-refractivity contribution is 0.121. The normalized spacial score (nSPS) is 20.7. The van der Waals surface area contributed by atoms with Crippen molar-refractivity contribution >= 4 is 6.08 Å². The second-order valence-electron chi connectivity index (χ2n) is 10.0. The molecule has 28 heavy (non-hydrogen) atoms. The maximum Gasteiger partial charge on any atom is 0.130 e. The summed E-state index contributed by atoms with van der Waals surface area (Å²) in [4.78, 5) is 0. The van der Waals surface area contributed by atoms with Crippen LogP contribution in [0.5, 0.6) is 5.75 Å². The van der Waals surface area contributed by atoms with E-state index in [1.165, 1.54) is 56.9 Å². The Morgan fingerprint density at radius 2 is 1.50 bits per heavy atom. The van der Waals surface area contributed by atoms with E-state index in [1.54, 1.807) is 0 Å². The molecule has 157 valence electrons.